The second-order valence-corrected chi connectivity index (χ2v) is 8.70. The SMILES string of the molecule is CC(C)[C@]12CC[C@H]3[C@@H](CCC4=CC(=O)CC[C@@H]43)[C@@H]1CC[C@@H]2O. The molecule has 0 aliphatic heterocycles. The molecule has 0 bridgehead atoms. The van der Waals surface area contributed by atoms with Crippen LogP contribution in [-0.2, 0) is 4.79 Å². The lowest BCUT2D eigenvalue weighted by Crippen LogP contribution is -2.51. The van der Waals surface area contributed by atoms with Gasteiger partial charge in [-0.15, -0.1) is 0 Å². The molecule has 122 valence electrons. The molecule has 6 atom stereocenters. The Morgan fingerprint density at radius 2 is 1.91 bits per heavy atom. The maximum atomic E-state index is 11.7. The highest BCUT2D eigenvalue weighted by Gasteiger charge is 2.59. The topological polar surface area (TPSA) is 37.3 Å². The molecule has 22 heavy (non-hydrogen) atoms. The van der Waals surface area contributed by atoms with E-state index in [1.165, 1.54) is 31.3 Å². The van der Waals surface area contributed by atoms with E-state index >= 15 is 0 Å². The number of carbonyl (C=O) groups excluding carboxylic acids is 1. The minimum Gasteiger partial charge on any atom is -0.393 e. The van der Waals surface area contributed by atoms with Crippen LogP contribution in [0.25, 0.3) is 0 Å². The minimum atomic E-state index is -0.0803. The molecule has 0 radical (unpaired) electrons. The van der Waals surface area contributed by atoms with Gasteiger partial charge in [0.1, 0.15) is 0 Å². The molecule has 0 aromatic carbocycles. The third-order valence-electron chi connectivity index (χ3n) is 7.92. The van der Waals surface area contributed by atoms with E-state index in [0.717, 1.165) is 43.4 Å². The molecule has 0 saturated heterocycles. The van der Waals surface area contributed by atoms with Crippen molar-refractivity contribution in [1.29, 1.82) is 0 Å². The molecule has 4 aliphatic rings. The highest BCUT2D eigenvalue weighted by molar-refractivity contribution is 5.91. The Morgan fingerprint density at radius 3 is 2.68 bits per heavy atom. The Morgan fingerprint density at radius 1 is 1.09 bits per heavy atom. The van der Waals surface area contributed by atoms with E-state index in [9.17, 15) is 9.90 Å². The number of hydrogen-bond acceptors (Lipinski definition) is 2. The molecular formula is C20H30O2. The molecular weight excluding hydrogens is 272 g/mol. The van der Waals surface area contributed by atoms with Crippen LogP contribution in [0.4, 0.5) is 0 Å². The first-order chi connectivity index (χ1) is 10.5. The van der Waals surface area contributed by atoms with Crippen molar-refractivity contribution in [3.05, 3.63) is 11.6 Å². The lowest BCUT2D eigenvalue weighted by atomic mass is 9.49. The first-order valence-corrected chi connectivity index (χ1v) is 9.45. The van der Waals surface area contributed by atoms with E-state index in [0.29, 0.717) is 17.6 Å². The number of ketones is 1. The zero-order chi connectivity index (χ0) is 15.5. The van der Waals surface area contributed by atoms with Gasteiger partial charge in [-0.05, 0) is 80.6 Å². The van der Waals surface area contributed by atoms with Gasteiger partial charge in [-0.3, -0.25) is 4.79 Å². The van der Waals surface area contributed by atoms with Gasteiger partial charge in [0.25, 0.3) is 0 Å². The maximum Gasteiger partial charge on any atom is 0.155 e. The molecule has 3 saturated carbocycles. The third kappa shape index (κ3) is 1.92. The predicted octanol–water partition coefficient (Wildman–Crippen LogP) is 4.13. The van der Waals surface area contributed by atoms with Crippen LogP contribution in [0.2, 0.25) is 0 Å². The van der Waals surface area contributed by atoms with Crippen LogP contribution >= 0.6 is 0 Å². The summed E-state index contributed by atoms with van der Waals surface area (Å²) in [6.45, 7) is 4.66. The zero-order valence-corrected chi connectivity index (χ0v) is 14.1. The van der Waals surface area contributed by atoms with Gasteiger partial charge in [-0.2, -0.15) is 0 Å². The van der Waals surface area contributed by atoms with E-state index in [2.05, 4.69) is 13.8 Å². The Labute approximate surface area is 134 Å². The van der Waals surface area contributed by atoms with Gasteiger partial charge in [0.15, 0.2) is 5.78 Å². The van der Waals surface area contributed by atoms with Crippen molar-refractivity contribution >= 4 is 5.78 Å². The van der Waals surface area contributed by atoms with Gasteiger partial charge in [0, 0.05) is 11.8 Å². The minimum absolute atomic E-state index is 0.0803. The molecule has 0 spiro atoms. The fourth-order valence-electron chi connectivity index (χ4n) is 6.98. The third-order valence-corrected chi connectivity index (χ3v) is 7.92. The monoisotopic (exact) mass is 302 g/mol. The van der Waals surface area contributed by atoms with Crippen LogP contribution in [0.15, 0.2) is 11.6 Å². The Kier molecular flexibility index (Phi) is 3.52. The van der Waals surface area contributed by atoms with Gasteiger partial charge in [0.05, 0.1) is 6.10 Å². The van der Waals surface area contributed by atoms with Crippen molar-refractivity contribution in [2.24, 2.45) is 35.0 Å². The van der Waals surface area contributed by atoms with Gasteiger partial charge in [0.2, 0.25) is 0 Å². The van der Waals surface area contributed by atoms with E-state index < -0.39 is 0 Å². The Balaban J connectivity index is 1.65. The smallest absolute Gasteiger partial charge is 0.155 e. The molecule has 0 aromatic rings. The molecule has 2 heteroatoms. The van der Waals surface area contributed by atoms with Crippen LogP contribution in [0, 0.1) is 35.0 Å². The van der Waals surface area contributed by atoms with Crippen LogP contribution in [-0.4, -0.2) is 17.0 Å². The number of hydrogen-bond donors (Lipinski definition) is 1. The largest absolute Gasteiger partial charge is 0.393 e. The van der Waals surface area contributed by atoms with Gasteiger partial charge >= 0.3 is 0 Å². The van der Waals surface area contributed by atoms with Crippen molar-refractivity contribution in [3.63, 3.8) is 0 Å². The van der Waals surface area contributed by atoms with E-state index in [1.807, 2.05) is 6.08 Å². The summed E-state index contributed by atoms with van der Waals surface area (Å²) in [5.41, 5.74) is 1.65. The molecule has 4 aliphatic carbocycles. The molecule has 0 aromatic heterocycles. The average molecular weight is 302 g/mol. The van der Waals surface area contributed by atoms with Gasteiger partial charge < -0.3 is 5.11 Å². The van der Waals surface area contributed by atoms with Crippen molar-refractivity contribution in [1.82, 2.24) is 0 Å². The second kappa shape index (κ2) is 5.19. The summed E-state index contributed by atoms with van der Waals surface area (Å²) >= 11 is 0. The van der Waals surface area contributed by atoms with Crippen molar-refractivity contribution < 1.29 is 9.90 Å². The fraction of sp³-hybridized carbons (Fsp3) is 0.850. The Hall–Kier alpha value is -0.630. The Bertz CT molecular complexity index is 506. The van der Waals surface area contributed by atoms with E-state index in [4.69, 9.17) is 0 Å². The zero-order valence-electron chi connectivity index (χ0n) is 14.1. The molecule has 4 rings (SSSR count). The van der Waals surface area contributed by atoms with Crippen LogP contribution in [0.5, 0.6) is 0 Å². The molecule has 0 heterocycles. The standard InChI is InChI=1S/C20H30O2/c1-12(2)20-10-9-16-15-6-4-14(21)11-13(15)3-5-17(16)18(20)7-8-19(20)22/h11-12,15-19,22H,3-10H2,1-2H3/t15-,16+,17+,18-,19-,20+/m0/s1. The van der Waals surface area contributed by atoms with Gasteiger partial charge in [-0.1, -0.05) is 19.4 Å². The first-order valence-electron chi connectivity index (χ1n) is 9.45. The molecule has 2 nitrogen and oxygen atoms in total. The summed E-state index contributed by atoms with van der Waals surface area (Å²) in [7, 11) is 0. The van der Waals surface area contributed by atoms with Crippen molar-refractivity contribution in [2.45, 2.75) is 71.3 Å². The maximum absolute atomic E-state index is 11.7. The van der Waals surface area contributed by atoms with E-state index in [-0.39, 0.29) is 11.5 Å². The highest BCUT2D eigenvalue weighted by atomic mass is 16.3. The van der Waals surface area contributed by atoms with Gasteiger partial charge in [-0.25, -0.2) is 0 Å². The normalized spacial score (nSPS) is 47.7. The summed E-state index contributed by atoms with van der Waals surface area (Å²) < 4.78 is 0. The number of aliphatic hydroxyl groups is 1. The van der Waals surface area contributed by atoms with Crippen molar-refractivity contribution in [3.8, 4) is 0 Å². The summed E-state index contributed by atoms with van der Waals surface area (Å²) in [6, 6.07) is 0. The number of aliphatic hydroxyl groups excluding tert-OH is 1. The lowest BCUT2D eigenvalue weighted by Gasteiger charge is -2.56. The summed E-state index contributed by atoms with van der Waals surface area (Å²) in [4.78, 5) is 11.7. The van der Waals surface area contributed by atoms with Crippen LogP contribution in [0.1, 0.15) is 65.2 Å². The lowest BCUT2D eigenvalue weighted by molar-refractivity contribution is -0.117. The number of fused-ring (bicyclic) bond motifs is 5. The van der Waals surface area contributed by atoms with Crippen molar-refractivity contribution in [2.75, 3.05) is 0 Å². The summed E-state index contributed by atoms with van der Waals surface area (Å²) in [5.74, 6) is 3.92. The molecule has 0 amide bonds. The fourth-order valence-corrected chi connectivity index (χ4v) is 6.98. The van der Waals surface area contributed by atoms with Crippen LogP contribution < -0.4 is 0 Å². The van der Waals surface area contributed by atoms with Crippen LogP contribution in [0.3, 0.4) is 0 Å². The number of allylic oxidation sites excluding steroid dienone is 1. The first kappa shape index (κ1) is 14.9. The predicted molar refractivity (Wildman–Crippen MR) is 87.3 cm³/mol. The second-order valence-electron chi connectivity index (χ2n) is 8.70. The molecule has 3 fully saturated rings. The summed E-state index contributed by atoms with van der Waals surface area (Å²) in [6.07, 6.45) is 10.9. The number of rotatable bonds is 1. The quantitative estimate of drug-likeness (QED) is 0.791. The molecule has 1 N–H and O–H groups in total. The summed E-state index contributed by atoms with van der Waals surface area (Å²) in [5, 5.41) is 10.7. The number of carbonyl (C=O) groups is 1. The molecule has 0 unspecified atom stereocenters. The highest BCUT2D eigenvalue weighted by Crippen LogP contribution is 2.64. The van der Waals surface area contributed by atoms with E-state index in [1.54, 1.807) is 0 Å². The average Bonchev–Trinajstić information content (AvgIpc) is 2.85.